The number of para-hydroxylation sites is 2. The van der Waals surface area contributed by atoms with E-state index in [0.717, 1.165) is 38.2 Å². The van der Waals surface area contributed by atoms with Crippen LogP contribution in [0.3, 0.4) is 0 Å². The highest BCUT2D eigenvalue weighted by Crippen LogP contribution is 2.27. The molecule has 2 heterocycles. The number of halogens is 1. The van der Waals surface area contributed by atoms with Gasteiger partial charge in [-0.15, -0.1) is 0 Å². The van der Waals surface area contributed by atoms with Crippen molar-refractivity contribution < 1.29 is 4.79 Å². The Morgan fingerprint density at radius 3 is 2.57 bits per heavy atom. The van der Waals surface area contributed by atoms with Gasteiger partial charge >= 0.3 is 0 Å². The number of rotatable bonds is 6. The highest BCUT2D eigenvalue weighted by atomic mass is 35.5. The van der Waals surface area contributed by atoms with Crippen molar-refractivity contribution in [1.82, 2.24) is 9.97 Å². The lowest BCUT2D eigenvalue weighted by atomic mass is 10.2. The van der Waals surface area contributed by atoms with E-state index in [9.17, 15) is 4.79 Å². The molecule has 0 saturated carbocycles. The topological polar surface area (TPSA) is 61.4 Å². The minimum Gasteiger partial charge on any atom is -0.369 e. The molecule has 7 heteroatoms. The lowest BCUT2D eigenvalue weighted by Crippen LogP contribution is -2.24. The molecule has 2 aromatic carbocycles. The number of aromatic nitrogens is 2. The van der Waals surface area contributed by atoms with Crippen molar-refractivity contribution in [2.24, 2.45) is 0 Å². The molecule has 1 amide bonds. The first kappa shape index (κ1) is 20.2. The Morgan fingerprint density at radius 1 is 1.10 bits per heavy atom. The van der Waals surface area contributed by atoms with Gasteiger partial charge in [-0.2, -0.15) is 0 Å². The molecule has 0 unspecified atom stereocenters. The van der Waals surface area contributed by atoms with Crippen molar-refractivity contribution in [3.8, 4) is 0 Å². The summed E-state index contributed by atoms with van der Waals surface area (Å²) < 4.78 is 0. The molecule has 1 saturated heterocycles. The highest BCUT2D eigenvalue weighted by molar-refractivity contribution is 6.34. The van der Waals surface area contributed by atoms with Crippen molar-refractivity contribution in [1.29, 1.82) is 0 Å². The van der Waals surface area contributed by atoms with Gasteiger partial charge in [0.05, 0.1) is 22.6 Å². The van der Waals surface area contributed by atoms with Gasteiger partial charge in [0.1, 0.15) is 0 Å². The summed E-state index contributed by atoms with van der Waals surface area (Å²) in [6, 6.07) is 17.9. The molecular weight excluding hydrogens is 398 g/mol. The Kier molecular flexibility index (Phi) is 6.14. The van der Waals surface area contributed by atoms with Crippen LogP contribution in [0.5, 0.6) is 0 Å². The van der Waals surface area contributed by atoms with Gasteiger partial charge in [-0.05, 0) is 30.5 Å². The van der Waals surface area contributed by atoms with Gasteiger partial charge in [0, 0.05) is 26.7 Å². The van der Waals surface area contributed by atoms with E-state index in [2.05, 4.69) is 37.2 Å². The molecule has 6 nitrogen and oxygen atoms in total. The molecule has 30 heavy (non-hydrogen) atoms. The average molecular weight is 422 g/mol. The number of anilines is 3. The van der Waals surface area contributed by atoms with Crippen molar-refractivity contribution in [2.45, 2.75) is 19.4 Å². The van der Waals surface area contributed by atoms with Gasteiger partial charge < -0.3 is 15.1 Å². The molecule has 3 aromatic rings. The number of amides is 1. The molecular formula is C23H24ClN5O. The van der Waals surface area contributed by atoms with Crippen LogP contribution in [0.1, 0.15) is 28.9 Å². The summed E-state index contributed by atoms with van der Waals surface area (Å²) in [4.78, 5) is 25.9. The normalized spacial score (nSPS) is 13.3. The molecule has 0 bridgehead atoms. The fourth-order valence-corrected chi connectivity index (χ4v) is 3.80. The Hall–Kier alpha value is -3.12. The van der Waals surface area contributed by atoms with Crippen LogP contribution in [-0.2, 0) is 6.54 Å². The van der Waals surface area contributed by atoms with Crippen LogP contribution in [0.2, 0.25) is 5.02 Å². The lowest BCUT2D eigenvalue weighted by molar-refractivity contribution is 0.102. The van der Waals surface area contributed by atoms with E-state index in [4.69, 9.17) is 11.6 Å². The maximum Gasteiger partial charge on any atom is 0.276 e. The van der Waals surface area contributed by atoms with Gasteiger partial charge in [-0.25, -0.2) is 9.97 Å². The summed E-state index contributed by atoms with van der Waals surface area (Å²) in [5, 5.41) is 3.22. The van der Waals surface area contributed by atoms with E-state index in [0.29, 0.717) is 11.6 Å². The van der Waals surface area contributed by atoms with E-state index in [-0.39, 0.29) is 16.6 Å². The van der Waals surface area contributed by atoms with Crippen LogP contribution in [-0.4, -0.2) is 36.0 Å². The number of benzene rings is 2. The molecule has 0 atom stereocenters. The molecule has 0 radical (unpaired) electrons. The van der Waals surface area contributed by atoms with Crippen molar-refractivity contribution in [3.63, 3.8) is 0 Å². The smallest absolute Gasteiger partial charge is 0.276 e. The van der Waals surface area contributed by atoms with E-state index in [1.807, 2.05) is 49.5 Å². The van der Waals surface area contributed by atoms with Crippen molar-refractivity contribution >= 4 is 34.8 Å². The van der Waals surface area contributed by atoms with E-state index < -0.39 is 0 Å². The quantitative estimate of drug-likeness (QED) is 0.629. The third-order valence-corrected chi connectivity index (χ3v) is 5.44. The van der Waals surface area contributed by atoms with E-state index >= 15 is 0 Å². The predicted octanol–water partition coefficient (Wildman–Crippen LogP) is 4.62. The summed E-state index contributed by atoms with van der Waals surface area (Å²) in [5.74, 6) is 0.208. The van der Waals surface area contributed by atoms with Gasteiger partial charge in [-0.1, -0.05) is 54.1 Å². The first-order valence-electron chi connectivity index (χ1n) is 10.0. The molecule has 4 rings (SSSR count). The molecule has 0 spiro atoms. The highest BCUT2D eigenvalue weighted by Gasteiger charge is 2.20. The number of carbonyl (C=O) groups is 1. The number of nitrogens with one attached hydrogen (secondary N) is 1. The van der Waals surface area contributed by atoms with Gasteiger partial charge in [0.15, 0.2) is 5.69 Å². The van der Waals surface area contributed by atoms with E-state index in [1.165, 1.54) is 11.8 Å². The second kappa shape index (κ2) is 9.13. The molecule has 1 N–H and O–H groups in total. The number of hydrogen-bond donors (Lipinski definition) is 1. The Morgan fingerprint density at radius 2 is 1.80 bits per heavy atom. The first-order chi connectivity index (χ1) is 14.6. The lowest BCUT2D eigenvalue weighted by Gasteiger charge is -2.23. The zero-order chi connectivity index (χ0) is 20.9. The summed E-state index contributed by atoms with van der Waals surface area (Å²) in [7, 11) is 2.00. The van der Waals surface area contributed by atoms with Gasteiger partial charge in [0.2, 0.25) is 5.95 Å². The standard InChI is InChI=1S/C23H24ClN5O/c1-28(16-17-9-3-2-4-10-17)20-12-6-5-11-19(20)26-22(30)21-18(24)15-25-23(27-21)29-13-7-8-14-29/h2-6,9-12,15H,7-8,13-14,16H2,1H3,(H,26,30). The predicted molar refractivity (Wildman–Crippen MR) is 121 cm³/mol. The second-order valence-corrected chi connectivity index (χ2v) is 7.78. The molecule has 0 aliphatic carbocycles. The zero-order valence-electron chi connectivity index (χ0n) is 16.9. The second-order valence-electron chi connectivity index (χ2n) is 7.37. The number of carbonyl (C=O) groups excluding carboxylic acids is 1. The zero-order valence-corrected chi connectivity index (χ0v) is 17.6. The van der Waals surface area contributed by atoms with E-state index in [1.54, 1.807) is 0 Å². The fourth-order valence-electron chi connectivity index (χ4n) is 3.62. The van der Waals surface area contributed by atoms with Crippen molar-refractivity contribution in [2.75, 3.05) is 35.3 Å². The van der Waals surface area contributed by atoms with Gasteiger partial charge in [-0.3, -0.25) is 4.79 Å². The van der Waals surface area contributed by atoms with Gasteiger partial charge in [0.25, 0.3) is 5.91 Å². The average Bonchev–Trinajstić information content (AvgIpc) is 3.30. The third kappa shape index (κ3) is 4.54. The van der Waals surface area contributed by atoms with Crippen LogP contribution >= 0.6 is 11.6 Å². The van der Waals surface area contributed by atoms with Crippen molar-refractivity contribution in [3.05, 3.63) is 77.1 Å². The summed E-state index contributed by atoms with van der Waals surface area (Å²) in [6.07, 6.45) is 3.72. The van der Waals surface area contributed by atoms with Crippen LogP contribution < -0.4 is 15.1 Å². The molecule has 154 valence electrons. The maximum absolute atomic E-state index is 13.0. The molecule has 1 aromatic heterocycles. The summed E-state index contributed by atoms with van der Waals surface area (Å²) in [5.41, 5.74) is 3.00. The minimum atomic E-state index is -0.344. The third-order valence-electron chi connectivity index (χ3n) is 5.16. The SMILES string of the molecule is CN(Cc1ccccc1)c1ccccc1NC(=O)c1nc(N2CCCC2)ncc1Cl. The molecule has 1 aliphatic heterocycles. The van der Waals surface area contributed by atoms with Crippen LogP contribution in [0.15, 0.2) is 60.8 Å². The Labute approximate surface area is 181 Å². The number of hydrogen-bond acceptors (Lipinski definition) is 5. The van der Waals surface area contributed by atoms with Crippen LogP contribution in [0.25, 0.3) is 0 Å². The maximum atomic E-state index is 13.0. The molecule has 1 fully saturated rings. The summed E-state index contributed by atoms with van der Waals surface area (Å²) in [6.45, 7) is 2.52. The summed E-state index contributed by atoms with van der Waals surface area (Å²) >= 11 is 6.26. The first-order valence-corrected chi connectivity index (χ1v) is 10.4. The number of nitrogens with zero attached hydrogens (tertiary/aromatic N) is 4. The fraction of sp³-hybridized carbons (Fsp3) is 0.261. The molecule has 1 aliphatic rings. The van der Waals surface area contributed by atoms with Crippen LogP contribution in [0, 0.1) is 0 Å². The monoisotopic (exact) mass is 421 g/mol. The minimum absolute atomic E-state index is 0.189. The largest absolute Gasteiger partial charge is 0.369 e. The Balaban J connectivity index is 1.55. The Bertz CT molecular complexity index is 1020. The van der Waals surface area contributed by atoms with Crippen LogP contribution in [0.4, 0.5) is 17.3 Å².